The van der Waals surface area contributed by atoms with Crippen LogP contribution in [0.15, 0.2) is 96.1 Å². The van der Waals surface area contributed by atoms with Crippen molar-refractivity contribution < 1.29 is 4.79 Å². The maximum absolute atomic E-state index is 13.0. The molecule has 1 unspecified atom stereocenters. The van der Waals surface area contributed by atoms with Crippen LogP contribution in [0, 0.1) is 0 Å². The molecule has 1 amide bonds. The summed E-state index contributed by atoms with van der Waals surface area (Å²) in [6.07, 6.45) is 1.47. The van der Waals surface area contributed by atoms with Crippen LogP contribution in [0.4, 0.5) is 11.4 Å². The highest BCUT2D eigenvalue weighted by atomic mass is 16.2. The standard InChI is InChI=1S/C23H21N3O/c27-23(24-19-12-6-2-7-13-19)22-17-16-21(18-10-4-1-5-11-18)25-26(22)20-14-8-3-9-15-20/h1-15,22H,16-17H2,(H,24,27). The normalized spacial score (nSPS) is 16.5. The summed E-state index contributed by atoms with van der Waals surface area (Å²) in [5, 5.41) is 9.72. The summed E-state index contributed by atoms with van der Waals surface area (Å²) < 4.78 is 0. The topological polar surface area (TPSA) is 44.7 Å². The number of amides is 1. The molecule has 0 fully saturated rings. The van der Waals surface area contributed by atoms with Crippen LogP contribution in [0.1, 0.15) is 18.4 Å². The van der Waals surface area contributed by atoms with E-state index in [1.54, 1.807) is 0 Å². The van der Waals surface area contributed by atoms with E-state index < -0.39 is 0 Å². The molecular weight excluding hydrogens is 334 g/mol. The lowest BCUT2D eigenvalue weighted by Crippen LogP contribution is -2.44. The molecule has 1 atom stereocenters. The Labute approximate surface area is 159 Å². The predicted molar refractivity (Wildman–Crippen MR) is 110 cm³/mol. The molecule has 1 N–H and O–H groups in total. The molecule has 0 spiro atoms. The lowest BCUT2D eigenvalue weighted by atomic mass is 9.99. The molecular formula is C23H21N3O. The first-order valence-electron chi connectivity index (χ1n) is 9.14. The van der Waals surface area contributed by atoms with Crippen LogP contribution in [0.2, 0.25) is 0 Å². The Kier molecular flexibility index (Phi) is 4.97. The van der Waals surface area contributed by atoms with E-state index in [0.717, 1.165) is 29.1 Å². The molecule has 4 rings (SSSR count). The van der Waals surface area contributed by atoms with Crippen molar-refractivity contribution in [3.8, 4) is 0 Å². The quantitative estimate of drug-likeness (QED) is 0.737. The van der Waals surface area contributed by atoms with Gasteiger partial charge in [0.2, 0.25) is 5.91 Å². The Hall–Kier alpha value is -3.40. The van der Waals surface area contributed by atoms with Gasteiger partial charge in [0.15, 0.2) is 0 Å². The van der Waals surface area contributed by atoms with Crippen molar-refractivity contribution >= 4 is 23.0 Å². The van der Waals surface area contributed by atoms with Crippen molar-refractivity contribution in [3.63, 3.8) is 0 Å². The van der Waals surface area contributed by atoms with Crippen LogP contribution in [-0.4, -0.2) is 17.7 Å². The van der Waals surface area contributed by atoms with Gasteiger partial charge >= 0.3 is 0 Å². The minimum atomic E-state index is -0.347. The van der Waals surface area contributed by atoms with Gasteiger partial charge in [0.25, 0.3) is 0 Å². The monoisotopic (exact) mass is 355 g/mol. The van der Waals surface area contributed by atoms with Crippen molar-refractivity contribution in [2.24, 2.45) is 5.10 Å². The average Bonchev–Trinajstić information content (AvgIpc) is 2.75. The first kappa shape index (κ1) is 17.0. The fraction of sp³-hybridized carbons (Fsp3) is 0.130. The van der Waals surface area contributed by atoms with E-state index in [1.807, 2.05) is 83.9 Å². The van der Waals surface area contributed by atoms with Gasteiger partial charge in [0.05, 0.1) is 11.4 Å². The minimum Gasteiger partial charge on any atom is -0.324 e. The van der Waals surface area contributed by atoms with Crippen LogP contribution >= 0.6 is 0 Å². The van der Waals surface area contributed by atoms with Gasteiger partial charge in [-0.1, -0.05) is 66.7 Å². The molecule has 0 aromatic heterocycles. The average molecular weight is 355 g/mol. The van der Waals surface area contributed by atoms with Crippen LogP contribution in [0.5, 0.6) is 0 Å². The smallest absolute Gasteiger partial charge is 0.249 e. The fourth-order valence-electron chi connectivity index (χ4n) is 3.29. The molecule has 3 aromatic rings. The Bertz CT molecular complexity index is 924. The number of hydrogen-bond acceptors (Lipinski definition) is 3. The third-order valence-electron chi connectivity index (χ3n) is 4.65. The summed E-state index contributed by atoms with van der Waals surface area (Å²) in [5.41, 5.74) is 3.82. The van der Waals surface area contributed by atoms with Gasteiger partial charge in [-0.05, 0) is 42.7 Å². The number of hydrogen-bond donors (Lipinski definition) is 1. The zero-order valence-electron chi connectivity index (χ0n) is 15.0. The summed E-state index contributed by atoms with van der Waals surface area (Å²) in [6, 6.07) is 29.2. The molecule has 0 bridgehead atoms. The van der Waals surface area contributed by atoms with Gasteiger partial charge in [-0.3, -0.25) is 9.80 Å². The minimum absolute atomic E-state index is 0.0408. The molecule has 0 saturated carbocycles. The van der Waals surface area contributed by atoms with Crippen molar-refractivity contribution in [1.82, 2.24) is 0 Å². The Morgan fingerprint density at radius 2 is 1.44 bits per heavy atom. The fourth-order valence-corrected chi connectivity index (χ4v) is 3.29. The second-order valence-corrected chi connectivity index (χ2v) is 6.50. The molecule has 3 aromatic carbocycles. The molecule has 4 heteroatoms. The molecule has 1 aliphatic rings. The zero-order valence-corrected chi connectivity index (χ0v) is 15.0. The number of carbonyl (C=O) groups is 1. The number of para-hydroxylation sites is 2. The highest BCUT2D eigenvalue weighted by Crippen LogP contribution is 2.26. The largest absolute Gasteiger partial charge is 0.324 e. The maximum atomic E-state index is 13.0. The highest BCUT2D eigenvalue weighted by Gasteiger charge is 2.31. The lowest BCUT2D eigenvalue weighted by Gasteiger charge is -2.33. The van der Waals surface area contributed by atoms with Crippen LogP contribution in [0.3, 0.4) is 0 Å². The van der Waals surface area contributed by atoms with E-state index >= 15 is 0 Å². The van der Waals surface area contributed by atoms with Gasteiger partial charge in [-0.2, -0.15) is 5.10 Å². The van der Waals surface area contributed by atoms with E-state index in [9.17, 15) is 4.79 Å². The Morgan fingerprint density at radius 1 is 0.852 bits per heavy atom. The number of rotatable bonds is 4. The Balaban J connectivity index is 1.65. The van der Waals surface area contributed by atoms with E-state index in [0.29, 0.717) is 6.42 Å². The Morgan fingerprint density at radius 3 is 2.11 bits per heavy atom. The van der Waals surface area contributed by atoms with Gasteiger partial charge in [0.1, 0.15) is 6.04 Å². The summed E-state index contributed by atoms with van der Waals surface area (Å²) >= 11 is 0. The zero-order chi connectivity index (χ0) is 18.5. The van der Waals surface area contributed by atoms with Gasteiger partial charge in [-0.25, -0.2) is 0 Å². The molecule has 0 radical (unpaired) electrons. The van der Waals surface area contributed by atoms with E-state index in [1.165, 1.54) is 0 Å². The van der Waals surface area contributed by atoms with Crippen molar-refractivity contribution in [3.05, 3.63) is 96.6 Å². The molecule has 27 heavy (non-hydrogen) atoms. The third-order valence-corrected chi connectivity index (χ3v) is 4.65. The van der Waals surface area contributed by atoms with Gasteiger partial charge in [0, 0.05) is 5.69 Å². The van der Waals surface area contributed by atoms with Crippen molar-refractivity contribution in [1.29, 1.82) is 0 Å². The number of hydrazone groups is 1. The van der Waals surface area contributed by atoms with E-state index in [2.05, 4.69) is 17.4 Å². The number of benzene rings is 3. The van der Waals surface area contributed by atoms with Crippen LogP contribution in [0.25, 0.3) is 0 Å². The molecule has 1 aliphatic heterocycles. The summed E-state index contributed by atoms with van der Waals surface area (Å²) in [4.78, 5) is 13.0. The van der Waals surface area contributed by atoms with Crippen LogP contribution < -0.4 is 10.3 Å². The first-order valence-corrected chi connectivity index (χ1v) is 9.14. The number of nitrogens with zero attached hydrogens (tertiary/aromatic N) is 2. The molecule has 0 aliphatic carbocycles. The SMILES string of the molecule is O=C(Nc1ccccc1)C1CCC(c2ccccc2)=NN1c1ccccc1. The maximum Gasteiger partial charge on any atom is 0.249 e. The molecule has 134 valence electrons. The van der Waals surface area contributed by atoms with Gasteiger partial charge in [-0.15, -0.1) is 0 Å². The van der Waals surface area contributed by atoms with E-state index in [-0.39, 0.29) is 11.9 Å². The summed E-state index contributed by atoms with van der Waals surface area (Å²) in [5.74, 6) is -0.0408. The molecule has 1 heterocycles. The lowest BCUT2D eigenvalue weighted by molar-refractivity contribution is -0.117. The van der Waals surface area contributed by atoms with Crippen LogP contribution in [-0.2, 0) is 4.79 Å². The second-order valence-electron chi connectivity index (χ2n) is 6.50. The number of anilines is 2. The first-order chi connectivity index (χ1) is 13.3. The molecule has 4 nitrogen and oxygen atoms in total. The molecule has 0 saturated heterocycles. The third kappa shape index (κ3) is 3.90. The predicted octanol–water partition coefficient (Wildman–Crippen LogP) is 4.70. The summed E-state index contributed by atoms with van der Waals surface area (Å²) in [7, 11) is 0. The van der Waals surface area contributed by atoms with Crippen molar-refractivity contribution in [2.45, 2.75) is 18.9 Å². The second kappa shape index (κ2) is 7.87. The highest BCUT2D eigenvalue weighted by molar-refractivity contribution is 6.04. The number of carbonyl (C=O) groups excluding carboxylic acids is 1. The van der Waals surface area contributed by atoms with Crippen molar-refractivity contribution in [2.75, 3.05) is 10.3 Å². The van der Waals surface area contributed by atoms with Gasteiger partial charge < -0.3 is 5.32 Å². The van der Waals surface area contributed by atoms with E-state index in [4.69, 9.17) is 5.10 Å². The summed E-state index contributed by atoms with van der Waals surface area (Å²) in [6.45, 7) is 0. The number of nitrogens with one attached hydrogen (secondary N) is 1.